The lowest BCUT2D eigenvalue weighted by atomic mass is 10.00. The van der Waals surface area contributed by atoms with Gasteiger partial charge >= 0.3 is 0 Å². The van der Waals surface area contributed by atoms with Crippen molar-refractivity contribution in [2.75, 3.05) is 5.01 Å². The molecule has 24 heavy (non-hydrogen) atoms. The fraction of sp³-hybridized carbons (Fsp3) is 0.100. The highest BCUT2D eigenvalue weighted by Crippen LogP contribution is 2.36. The normalized spacial score (nSPS) is 17.0. The van der Waals surface area contributed by atoms with Crippen molar-refractivity contribution in [1.82, 2.24) is 4.98 Å². The Morgan fingerprint density at radius 2 is 1.75 bits per heavy atom. The van der Waals surface area contributed by atoms with Gasteiger partial charge < -0.3 is 0 Å². The third-order valence-electron chi connectivity index (χ3n) is 4.13. The molecule has 0 fully saturated rings. The number of pyridine rings is 1. The summed E-state index contributed by atoms with van der Waals surface area (Å²) in [7, 11) is 0. The molecule has 0 N–H and O–H groups in total. The van der Waals surface area contributed by atoms with Gasteiger partial charge in [0.15, 0.2) is 0 Å². The molecule has 0 amide bonds. The van der Waals surface area contributed by atoms with Crippen LogP contribution in [-0.4, -0.2) is 10.7 Å². The first-order valence-electron chi connectivity index (χ1n) is 7.90. The van der Waals surface area contributed by atoms with E-state index in [4.69, 9.17) is 16.7 Å². The van der Waals surface area contributed by atoms with Gasteiger partial charge in [0.05, 0.1) is 23.1 Å². The number of nitrogens with zero attached hydrogens (tertiary/aromatic N) is 3. The van der Waals surface area contributed by atoms with E-state index in [-0.39, 0.29) is 6.04 Å². The fourth-order valence-corrected chi connectivity index (χ4v) is 3.19. The largest absolute Gasteiger partial charge is 0.257 e. The quantitative estimate of drug-likeness (QED) is 0.667. The summed E-state index contributed by atoms with van der Waals surface area (Å²) in [5, 5.41) is 7.67. The van der Waals surface area contributed by atoms with E-state index in [0.29, 0.717) is 0 Å². The van der Waals surface area contributed by atoms with Crippen LogP contribution in [-0.2, 0) is 0 Å². The van der Waals surface area contributed by atoms with Crippen molar-refractivity contribution in [1.29, 1.82) is 0 Å². The van der Waals surface area contributed by atoms with Crippen molar-refractivity contribution in [2.45, 2.75) is 12.5 Å². The monoisotopic (exact) mass is 333 g/mol. The maximum absolute atomic E-state index is 6.20. The first-order chi connectivity index (χ1) is 11.8. The van der Waals surface area contributed by atoms with E-state index in [1.54, 1.807) is 6.20 Å². The van der Waals surface area contributed by atoms with Crippen LogP contribution in [0.15, 0.2) is 84.1 Å². The Hall–Kier alpha value is -2.65. The summed E-state index contributed by atoms with van der Waals surface area (Å²) in [6.45, 7) is 0. The van der Waals surface area contributed by atoms with Gasteiger partial charge in [-0.15, -0.1) is 0 Å². The highest BCUT2D eigenvalue weighted by Gasteiger charge is 2.30. The van der Waals surface area contributed by atoms with Crippen LogP contribution in [0.1, 0.15) is 23.7 Å². The Balaban J connectivity index is 1.76. The molecule has 1 aromatic heterocycles. The second-order valence-electron chi connectivity index (χ2n) is 5.72. The summed E-state index contributed by atoms with van der Waals surface area (Å²) >= 11 is 6.20. The molecule has 0 aliphatic carbocycles. The molecule has 0 bridgehead atoms. The minimum atomic E-state index is 0.114. The van der Waals surface area contributed by atoms with Gasteiger partial charge in [-0.3, -0.25) is 9.99 Å². The average molecular weight is 334 g/mol. The number of rotatable bonds is 3. The molecule has 118 valence electrons. The maximum Gasteiger partial charge on any atom is 0.0890 e. The smallest absolute Gasteiger partial charge is 0.0890 e. The maximum atomic E-state index is 6.20. The molecule has 3 aromatic rings. The second kappa shape index (κ2) is 6.46. The van der Waals surface area contributed by atoms with Crippen molar-refractivity contribution in [3.05, 3.63) is 95.3 Å². The molecule has 2 heterocycles. The van der Waals surface area contributed by atoms with Gasteiger partial charge in [-0.25, -0.2) is 0 Å². The lowest BCUT2D eigenvalue weighted by Crippen LogP contribution is -2.18. The van der Waals surface area contributed by atoms with Gasteiger partial charge in [0, 0.05) is 17.6 Å². The summed E-state index contributed by atoms with van der Waals surface area (Å²) in [4.78, 5) is 4.45. The minimum Gasteiger partial charge on any atom is -0.257 e. The van der Waals surface area contributed by atoms with E-state index < -0.39 is 0 Å². The molecule has 4 rings (SSSR count). The average Bonchev–Trinajstić information content (AvgIpc) is 3.09. The van der Waals surface area contributed by atoms with Gasteiger partial charge in [0.25, 0.3) is 0 Å². The lowest BCUT2D eigenvalue weighted by Gasteiger charge is -2.24. The van der Waals surface area contributed by atoms with Crippen molar-refractivity contribution < 1.29 is 0 Å². The Kier molecular flexibility index (Phi) is 4.01. The van der Waals surface area contributed by atoms with Crippen LogP contribution in [0.2, 0.25) is 5.02 Å². The zero-order chi connectivity index (χ0) is 16.4. The minimum absolute atomic E-state index is 0.114. The molecule has 1 unspecified atom stereocenters. The van der Waals surface area contributed by atoms with Gasteiger partial charge in [-0.1, -0.05) is 48.0 Å². The van der Waals surface area contributed by atoms with E-state index in [0.717, 1.165) is 34.1 Å². The second-order valence-corrected chi connectivity index (χ2v) is 6.15. The molecule has 4 heteroatoms. The molecular formula is C20H16ClN3. The number of hydrogen-bond acceptors (Lipinski definition) is 3. The summed E-state index contributed by atoms with van der Waals surface area (Å²) in [5.41, 5.74) is 4.13. The van der Waals surface area contributed by atoms with E-state index in [1.807, 2.05) is 54.6 Å². The number of anilines is 1. The highest BCUT2D eigenvalue weighted by atomic mass is 35.5. The van der Waals surface area contributed by atoms with Gasteiger partial charge in [-0.2, -0.15) is 5.10 Å². The van der Waals surface area contributed by atoms with Crippen molar-refractivity contribution in [2.24, 2.45) is 5.10 Å². The molecule has 1 aliphatic heterocycles. The standard InChI is InChI=1S/C20H16ClN3/c21-16-8-6-7-15(13-16)20-14-19(18-11-4-5-12-22-18)23-24(20)17-9-2-1-3-10-17/h1-13,20H,14H2. The number of para-hydroxylation sites is 1. The Morgan fingerprint density at radius 1 is 0.917 bits per heavy atom. The summed E-state index contributed by atoms with van der Waals surface area (Å²) in [6, 6.07) is 24.2. The third kappa shape index (κ3) is 2.91. The van der Waals surface area contributed by atoms with Crippen LogP contribution in [0.4, 0.5) is 5.69 Å². The molecule has 1 aliphatic rings. The van der Waals surface area contributed by atoms with Crippen molar-refractivity contribution in [3.8, 4) is 0 Å². The summed E-state index contributed by atoms with van der Waals surface area (Å²) < 4.78 is 0. The molecule has 0 spiro atoms. The van der Waals surface area contributed by atoms with Crippen molar-refractivity contribution >= 4 is 23.0 Å². The van der Waals surface area contributed by atoms with Crippen LogP contribution in [0.25, 0.3) is 0 Å². The van der Waals surface area contributed by atoms with Crippen LogP contribution in [0, 0.1) is 0 Å². The fourth-order valence-electron chi connectivity index (χ4n) is 2.99. The van der Waals surface area contributed by atoms with Gasteiger partial charge in [0.1, 0.15) is 0 Å². The molecule has 0 radical (unpaired) electrons. The Morgan fingerprint density at radius 3 is 2.50 bits per heavy atom. The van der Waals surface area contributed by atoms with E-state index >= 15 is 0 Å². The van der Waals surface area contributed by atoms with Crippen LogP contribution in [0.5, 0.6) is 0 Å². The third-order valence-corrected chi connectivity index (χ3v) is 4.36. The Bertz CT molecular complexity index is 862. The predicted octanol–water partition coefficient (Wildman–Crippen LogP) is 5.09. The molecule has 0 saturated carbocycles. The lowest BCUT2D eigenvalue weighted by molar-refractivity contribution is 0.709. The van der Waals surface area contributed by atoms with E-state index in [2.05, 4.69) is 28.2 Å². The van der Waals surface area contributed by atoms with Crippen LogP contribution in [0.3, 0.4) is 0 Å². The molecule has 0 saturated heterocycles. The van der Waals surface area contributed by atoms with Crippen molar-refractivity contribution in [3.63, 3.8) is 0 Å². The summed E-state index contributed by atoms with van der Waals surface area (Å²) in [5.74, 6) is 0. The van der Waals surface area contributed by atoms with Gasteiger partial charge in [0.2, 0.25) is 0 Å². The number of benzene rings is 2. The number of aromatic nitrogens is 1. The zero-order valence-corrected chi connectivity index (χ0v) is 13.8. The SMILES string of the molecule is Clc1cccc(C2CC(c3ccccn3)=NN2c2ccccc2)c1. The zero-order valence-electron chi connectivity index (χ0n) is 13.0. The molecule has 3 nitrogen and oxygen atoms in total. The number of hydrogen-bond donors (Lipinski definition) is 0. The van der Waals surface area contributed by atoms with E-state index in [9.17, 15) is 0 Å². The highest BCUT2D eigenvalue weighted by molar-refractivity contribution is 6.30. The first-order valence-corrected chi connectivity index (χ1v) is 8.28. The number of hydrazone groups is 1. The first kappa shape index (κ1) is 14.9. The summed E-state index contributed by atoms with van der Waals surface area (Å²) in [6.07, 6.45) is 2.60. The molecule has 1 atom stereocenters. The molecular weight excluding hydrogens is 318 g/mol. The van der Waals surface area contributed by atoms with Crippen LogP contribution < -0.4 is 5.01 Å². The number of halogens is 1. The Labute approximate surface area is 146 Å². The topological polar surface area (TPSA) is 28.5 Å². The molecule has 2 aromatic carbocycles. The van der Waals surface area contributed by atoms with Crippen LogP contribution >= 0.6 is 11.6 Å². The predicted molar refractivity (Wildman–Crippen MR) is 98.5 cm³/mol. The van der Waals surface area contributed by atoms with Gasteiger partial charge in [-0.05, 0) is 42.0 Å². The van der Waals surface area contributed by atoms with E-state index in [1.165, 1.54) is 0 Å².